The molecule has 1 amide bonds. The van der Waals surface area contributed by atoms with Gasteiger partial charge in [-0.25, -0.2) is 14.8 Å². The van der Waals surface area contributed by atoms with Crippen LogP contribution in [0.4, 0.5) is 11.5 Å². The molecule has 2 N–H and O–H groups in total. The molecule has 3 aromatic rings. The number of carbonyl (C=O) groups excluding carboxylic acids is 2. The van der Waals surface area contributed by atoms with Gasteiger partial charge in [0, 0.05) is 23.6 Å². The van der Waals surface area contributed by atoms with Crippen LogP contribution in [0.1, 0.15) is 51.5 Å². The SMILES string of the molecule is COc1cc2ncnc(Nc3cccc(C)c3)c2cc1OCCCCCCC(=O)NOC(=O)C(C)C. The van der Waals surface area contributed by atoms with Crippen molar-refractivity contribution in [2.45, 2.75) is 52.9 Å². The number of aromatic nitrogens is 2. The van der Waals surface area contributed by atoms with E-state index < -0.39 is 5.97 Å². The van der Waals surface area contributed by atoms with Gasteiger partial charge in [0.25, 0.3) is 5.91 Å². The van der Waals surface area contributed by atoms with E-state index in [4.69, 9.17) is 14.3 Å². The molecule has 1 heterocycles. The number of methoxy groups -OCH3 is 1. The van der Waals surface area contributed by atoms with Gasteiger partial charge in [-0.3, -0.25) is 4.79 Å². The highest BCUT2D eigenvalue weighted by atomic mass is 16.7. The normalized spacial score (nSPS) is 10.8. The number of rotatable bonds is 12. The van der Waals surface area contributed by atoms with Gasteiger partial charge >= 0.3 is 5.97 Å². The summed E-state index contributed by atoms with van der Waals surface area (Å²) in [6.07, 6.45) is 5.12. The third-order valence-electron chi connectivity index (χ3n) is 5.49. The number of carbonyl (C=O) groups is 2. The van der Waals surface area contributed by atoms with E-state index in [-0.39, 0.29) is 11.8 Å². The van der Waals surface area contributed by atoms with Crippen LogP contribution in [-0.2, 0) is 14.4 Å². The maximum Gasteiger partial charge on any atom is 0.334 e. The Hall–Kier alpha value is -3.88. The molecular weight excluding hydrogens is 460 g/mol. The second-order valence-corrected chi connectivity index (χ2v) is 8.85. The molecule has 0 saturated carbocycles. The molecule has 0 spiro atoms. The van der Waals surface area contributed by atoms with Crippen LogP contribution in [0.3, 0.4) is 0 Å². The number of hydrogen-bond acceptors (Lipinski definition) is 8. The van der Waals surface area contributed by atoms with Crippen molar-refractivity contribution in [2.24, 2.45) is 5.92 Å². The van der Waals surface area contributed by atoms with E-state index in [2.05, 4.69) is 26.8 Å². The maximum absolute atomic E-state index is 11.7. The first-order valence-electron chi connectivity index (χ1n) is 12.2. The number of anilines is 2. The van der Waals surface area contributed by atoms with Crippen molar-refractivity contribution in [3.8, 4) is 11.5 Å². The molecule has 0 fully saturated rings. The Morgan fingerprint density at radius 1 is 1.00 bits per heavy atom. The van der Waals surface area contributed by atoms with E-state index in [1.54, 1.807) is 21.0 Å². The van der Waals surface area contributed by atoms with Crippen molar-refractivity contribution in [3.63, 3.8) is 0 Å². The topological polar surface area (TPSA) is 112 Å². The number of nitrogens with zero attached hydrogens (tertiary/aromatic N) is 2. The minimum Gasteiger partial charge on any atom is -0.493 e. The minimum absolute atomic E-state index is 0.282. The Bertz CT molecular complexity index is 1180. The van der Waals surface area contributed by atoms with E-state index in [0.717, 1.165) is 41.4 Å². The Kier molecular flexibility index (Phi) is 9.85. The van der Waals surface area contributed by atoms with Crippen LogP contribution in [0.5, 0.6) is 11.5 Å². The minimum atomic E-state index is -0.450. The Morgan fingerprint density at radius 3 is 2.56 bits per heavy atom. The van der Waals surface area contributed by atoms with Gasteiger partial charge in [-0.2, -0.15) is 5.48 Å². The number of amides is 1. The molecule has 2 aromatic carbocycles. The fraction of sp³-hybridized carbons (Fsp3) is 0.407. The molecule has 0 aliphatic heterocycles. The molecule has 9 nitrogen and oxygen atoms in total. The lowest BCUT2D eigenvalue weighted by Gasteiger charge is -2.14. The maximum atomic E-state index is 11.7. The summed E-state index contributed by atoms with van der Waals surface area (Å²) in [5.41, 5.74) is 5.04. The average molecular weight is 495 g/mol. The molecule has 1 aromatic heterocycles. The third kappa shape index (κ3) is 7.83. The summed E-state index contributed by atoms with van der Waals surface area (Å²) < 4.78 is 11.5. The molecular formula is C27H34N4O5. The molecule has 36 heavy (non-hydrogen) atoms. The summed E-state index contributed by atoms with van der Waals surface area (Å²) in [6.45, 7) is 5.96. The molecule has 0 saturated heterocycles. The van der Waals surface area contributed by atoms with Crippen molar-refractivity contribution in [1.29, 1.82) is 0 Å². The second kappa shape index (κ2) is 13.3. The Labute approximate surface area is 211 Å². The first-order chi connectivity index (χ1) is 17.4. The number of hydroxylamine groups is 1. The summed E-state index contributed by atoms with van der Waals surface area (Å²) in [4.78, 5) is 36.6. The number of fused-ring (bicyclic) bond motifs is 1. The quantitative estimate of drug-likeness (QED) is 0.259. The second-order valence-electron chi connectivity index (χ2n) is 8.85. The zero-order chi connectivity index (χ0) is 25.9. The molecule has 0 radical (unpaired) electrons. The highest BCUT2D eigenvalue weighted by Crippen LogP contribution is 2.35. The van der Waals surface area contributed by atoms with Gasteiger partial charge in [-0.15, -0.1) is 0 Å². The lowest BCUT2D eigenvalue weighted by molar-refractivity contribution is -0.161. The average Bonchev–Trinajstić information content (AvgIpc) is 2.86. The van der Waals surface area contributed by atoms with Gasteiger partial charge in [0.2, 0.25) is 0 Å². The third-order valence-corrected chi connectivity index (χ3v) is 5.49. The highest BCUT2D eigenvalue weighted by molar-refractivity contribution is 5.93. The molecule has 0 atom stereocenters. The van der Waals surface area contributed by atoms with E-state index >= 15 is 0 Å². The Morgan fingerprint density at radius 2 is 1.81 bits per heavy atom. The molecule has 0 aliphatic rings. The van der Waals surface area contributed by atoms with E-state index in [1.165, 1.54) is 6.33 Å². The zero-order valence-electron chi connectivity index (χ0n) is 21.3. The van der Waals surface area contributed by atoms with Crippen LogP contribution in [0.15, 0.2) is 42.7 Å². The lowest BCUT2D eigenvalue weighted by Crippen LogP contribution is -2.28. The van der Waals surface area contributed by atoms with Crippen molar-refractivity contribution in [3.05, 3.63) is 48.3 Å². The molecule has 192 valence electrons. The summed E-state index contributed by atoms with van der Waals surface area (Å²) in [7, 11) is 1.60. The molecule has 3 rings (SSSR count). The monoisotopic (exact) mass is 494 g/mol. The molecule has 0 bridgehead atoms. The van der Waals surface area contributed by atoms with Crippen molar-refractivity contribution in [2.75, 3.05) is 19.0 Å². The molecule has 9 heteroatoms. The van der Waals surface area contributed by atoms with Gasteiger partial charge in [0.15, 0.2) is 11.5 Å². The standard InChI is InChI=1S/C27H34N4O5/c1-18(2)27(33)36-31-25(32)12-7-5-6-8-13-35-24-15-21-22(16-23(24)34-4)28-17-29-26(21)30-20-11-9-10-19(3)14-20/h9-11,14-18H,5-8,12-13H2,1-4H3,(H,31,32)(H,28,29,30). The number of unbranched alkanes of at least 4 members (excludes halogenated alkanes) is 3. The predicted octanol–water partition coefficient (Wildman–Crippen LogP) is 5.25. The Balaban J connectivity index is 1.50. The van der Waals surface area contributed by atoms with Crippen LogP contribution < -0.4 is 20.3 Å². The van der Waals surface area contributed by atoms with Gasteiger partial charge in [0.1, 0.15) is 12.1 Å². The van der Waals surface area contributed by atoms with Gasteiger partial charge in [0.05, 0.1) is 25.2 Å². The van der Waals surface area contributed by atoms with Gasteiger partial charge < -0.3 is 19.6 Å². The first kappa shape index (κ1) is 26.7. The van der Waals surface area contributed by atoms with Crippen LogP contribution in [0.2, 0.25) is 0 Å². The van der Waals surface area contributed by atoms with Crippen molar-refractivity contribution < 1.29 is 23.9 Å². The van der Waals surface area contributed by atoms with Crippen molar-refractivity contribution in [1.82, 2.24) is 15.4 Å². The van der Waals surface area contributed by atoms with Crippen LogP contribution in [0.25, 0.3) is 10.9 Å². The van der Waals surface area contributed by atoms with Crippen molar-refractivity contribution >= 4 is 34.3 Å². The number of aryl methyl sites for hydroxylation is 1. The van der Waals surface area contributed by atoms with Gasteiger partial charge in [-0.05, 0) is 43.5 Å². The highest BCUT2D eigenvalue weighted by Gasteiger charge is 2.13. The molecule has 0 unspecified atom stereocenters. The zero-order valence-corrected chi connectivity index (χ0v) is 21.3. The van der Waals surface area contributed by atoms with Crippen LogP contribution >= 0.6 is 0 Å². The largest absolute Gasteiger partial charge is 0.493 e. The smallest absolute Gasteiger partial charge is 0.334 e. The predicted molar refractivity (Wildman–Crippen MR) is 138 cm³/mol. The fourth-order valence-corrected chi connectivity index (χ4v) is 3.49. The lowest BCUT2D eigenvalue weighted by atomic mass is 10.1. The van der Waals surface area contributed by atoms with E-state index in [0.29, 0.717) is 36.8 Å². The number of benzene rings is 2. The van der Waals surface area contributed by atoms with Crippen LogP contribution in [0, 0.1) is 12.8 Å². The summed E-state index contributed by atoms with van der Waals surface area (Å²) in [5, 5.41) is 4.20. The summed E-state index contributed by atoms with van der Waals surface area (Å²) >= 11 is 0. The van der Waals surface area contributed by atoms with E-state index in [9.17, 15) is 9.59 Å². The van der Waals surface area contributed by atoms with Crippen LogP contribution in [-0.4, -0.2) is 35.6 Å². The summed E-state index contributed by atoms with van der Waals surface area (Å²) in [6, 6.07) is 11.8. The number of ether oxygens (including phenoxy) is 2. The summed E-state index contributed by atoms with van der Waals surface area (Å²) in [5.74, 6) is 0.895. The number of hydrogen-bond donors (Lipinski definition) is 2. The van der Waals surface area contributed by atoms with E-state index in [1.807, 2.05) is 37.3 Å². The van der Waals surface area contributed by atoms with Gasteiger partial charge in [-0.1, -0.05) is 38.8 Å². The first-order valence-corrected chi connectivity index (χ1v) is 12.2. The fourth-order valence-electron chi connectivity index (χ4n) is 3.49. The number of nitrogens with one attached hydrogen (secondary N) is 2. The molecule has 0 aliphatic carbocycles.